The van der Waals surface area contributed by atoms with Gasteiger partial charge >= 0.3 is 6.03 Å². The van der Waals surface area contributed by atoms with Gasteiger partial charge in [0.2, 0.25) is 10.0 Å². The van der Waals surface area contributed by atoms with E-state index in [0.29, 0.717) is 0 Å². The molecule has 0 radical (unpaired) electrons. The molecule has 1 aliphatic rings. The van der Waals surface area contributed by atoms with Gasteiger partial charge in [-0.15, -0.1) is 0 Å². The van der Waals surface area contributed by atoms with Crippen molar-refractivity contribution in [2.75, 3.05) is 7.05 Å². The molecule has 0 saturated heterocycles. The first-order valence-electron chi connectivity index (χ1n) is 8.64. The van der Waals surface area contributed by atoms with Gasteiger partial charge in [-0.25, -0.2) is 17.9 Å². The molecule has 0 bridgehead atoms. The fourth-order valence-corrected chi connectivity index (χ4v) is 4.04. The van der Waals surface area contributed by atoms with Crippen molar-refractivity contribution in [3.63, 3.8) is 0 Å². The third kappa shape index (κ3) is 4.23. The predicted octanol–water partition coefficient (Wildman–Crippen LogP) is 2.47. The maximum absolute atomic E-state index is 12.3. The molecular weight excluding hydrogens is 350 g/mol. The van der Waals surface area contributed by atoms with Crippen LogP contribution in [0.4, 0.5) is 4.79 Å². The highest BCUT2D eigenvalue weighted by Gasteiger charge is 2.21. The first kappa shape index (κ1) is 18.4. The second kappa shape index (κ2) is 7.88. The van der Waals surface area contributed by atoms with Crippen molar-refractivity contribution in [1.82, 2.24) is 15.4 Å². The Morgan fingerprint density at radius 3 is 2.77 bits per heavy atom. The van der Waals surface area contributed by atoms with Crippen molar-refractivity contribution in [2.45, 2.75) is 36.7 Å². The van der Waals surface area contributed by atoms with Crippen LogP contribution in [0.2, 0.25) is 0 Å². The summed E-state index contributed by atoms with van der Waals surface area (Å²) >= 11 is 0. The summed E-state index contributed by atoms with van der Waals surface area (Å²) in [7, 11) is -2.12. The van der Waals surface area contributed by atoms with Gasteiger partial charge in [0.1, 0.15) is 0 Å². The van der Waals surface area contributed by atoms with E-state index < -0.39 is 10.0 Å². The van der Waals surface area contributed by atoms with Crippen molar-refractivity contribution in [2.24, 2.45) is 0 Å². The largest absolute Gasteiger partial charge is 0.334 e. The Bertz CT molecular complexity index is 896. The lowest BCUT2D eigenvalue weighted by Crippen LogP contribution is -2.38. The minimum atomic E-state index is -3.49. The van der Waals surface area contributed by atoms with Gasteiger partial charge in [-0.05, 0) is 55.1 Å². The topological polar surface area (TPSA) is 87.3 Å². The maximum Gasteiger partial charge on any atom is 0.315 e. The average molecular weight is 373 g/mol. The van der Waals surface area contributed by atoms with Gasteiger partial charge in [-0.2, -0.15) is 0 Å². The van der Waals surface area contributed by atoms with E-state index in [-0.39, 0.29) is 23.5 Å². The van der Waals surface area contributed by atoms with E-state index in [9.17, 15) is 13.2 Å². The molecule has 0 heterocycles. The highest BCUT2D eigenvalue weighted by Crippen LogP contribution is 2.29. The number of carbonyl (C=O) groups is 1. The molecule has 1 atom stereocenters. The van der Waals surface area contributed by atoms with E-state index in [1.54, 1.807) is 18.2 Å². The average Bonchev–Trinajstić information content (AvgIpc) is 2.67. The van der Waals surface area contributed by atoms with Crippen LogP contribution in [-0.2, 0) is 23.0 Å². The van der Waals surface area contributed by atoms with E-state index in [0.717, 1.165) is 24.8 Å². The summed E-state index contributed by atoms with van der Waals surface area (Å²) in [6, 6.07) is 14.5. The summed E-state index contributed by atoms with van der Waals surface area (Å²) in [5.74, 6) is 0. The van der Waals surface area contributed by atoms with Gasteiger partial charge in [0.25, 0.3) is 0 Å². The van der Waals surface area contributed by atoms with Crippen LogP contribution in [0.5, 0.6) is 0 Å². The smallest absolute Gasteiger partial charge is 0.315 e. The molecule has 1 unspecified atom stereocenters. The molecule has 0 spiro atoms. The number of hydrogen-bond donors (Lipinski definition) is 3. The molecule has 0 fully saturated rings. The minimum absolute atomic E-state index is 0.0101. The molecule has 0 aliphatic heterocycles. The second-order valence-corrected chi connectivity index (χ2v) is 8.21. The van der Waals surface area contributed by atoms with Gasteiger partial charge < -0.3 is 10.6 Å². The summed E-state index contributed by atoms with van der Waals surface area (Å²) in [6.45, 7) is 0.257. The summed E-state index contributed by atoms with van der Waals surface area (Å²) in [4.78, 5) is 12.5. The number of nitrogens with one attached hydrogen (secondary N) is 3. The third-order valence-electron chi connectivity index (χ3n) is 4.61. The Morgan fingerprint density at radius 2 is 1.96 bits per heavy atom. The fraction of sp³-hybridized carbons (Fsp3) is 0.316. The van der Waals surface area contributed by atoms with Crippen molar-refractivity contribution in [3.05, 3.63) is 65.2 Å². The van der Waals surface area contributed by atoms with Crippen LogP contribution in [0.25, 0.3) is 0 Å². The highest BCUT2D eigenvalue weighted by molar-refractivity contribution is 7.89. The van der Waals surface area contributed by atoms with Gasteiger partial charge in [0, 0.05) is 6.54 Å². The molecule has 2 aromatic carbocycles. The molecule has 0 saturated carbocycles. The SMILES string of the molecule is CNS(=O)(=O)c1cccc(CNC(=O)NC2CCCc3ccccc32)c1. The molecule has 3 rings (SSSR count). The van der Waals surface area contributed by atoms with E-state index in [1.807, 2.05) is 12.1 Å². The first-order valence-corrected chi connectivity index (χ1v) is 10.1. The van der Waals surface area contributed by atoms with Gasteiger partial charge in [0.05, 0.1) is 10.9 Å². The van der Waals surface area contributed by atoms with Crippen molar-refractivity contribution in [3.8, 4) is 0 Å². The van der Waals surface area contributed by atoms with Crippen molar-refractivity contribution < 1.29 is 13.2 Å². The number of carbonyl (C=O) groups excluding carboxylic acids is 1. The molecule has 1 aliphatic carbocycles. The van der Waals surface area contributed by atoms with Crippen molar-refractivity contribution in [1.29, 1.82) is 0 Å². The molecule has 3 N–H and O–H groups in total. The Labute approximate surface area is 154 Å². The first-order chi connectivity index (χ1) is 12.5. The van der Waals surface area contributed by atoms with Gasteiger partial charge in [-0.1, -0.05) is 36.4 Å². The van der Waals surface area contributed by atoms with Crippen LogP contribution >= 0.6 is 0 Å². The fourth-order valence-electron chi connectivity index (χ4n) is 3.24. The predicted molar refractivity (Wildman–Crippen MR) is 100 cm³/mol. The van der Waals surface area contributed by atoms with Crippen molar-refractivity contribution >= 4 is 16.1 Å². The standard InChI is InChI=1S/C19H23N3O3S/c1-20-26(24,25)16-9-4-6-14(12-16)13-21-19(23)22-18-11-5-8-15-7-2-3-10-17(15)18/h2-4,6-7,9-10,12,18,20H,5,8,11,13H2,1H3,(H2,21,22,23). The quantitative estimate of drug-likeness (QED) is 0.752. The number of fused-ring (bicyclic) bond motifs is 1. The molecule has 2 aromatic rings. The van der Waals surface area contributed by atoms with Crippen LogP contribution in [0.1, 0.15) is 35.6 Å². The monoisotopic (exact) mass is 373 g/mol. The van der Waals surface area contributed by atoms with Gasteiger partial charge in [0.15, 0.2) is 0 Å². The third-order valence-corrected chi connectivity index (χ3v) is 6.02. The second-order valence-electron chi connectivity index (χ2n) is 6.33. The molecular formula is C19H23N3O3S. The lowest BCUT2D eigenvalue weighted by Gasteiger charge is -2.26. The van der Waals surface area contributed by atoms with E-state index in [2.05, 4.69) is 27.5 Å². The summed E-state index contributed by atoms with van der Waals surface area (Å²) < 4.78 is 26.0. The molecule has 0 aromatic heterocycles. The van der Waals surface area contributed by atoms with Gasteiger partial charge in [-0.3, -0.25) is 0 Å². The zero-order valence-corrected chi connectivity index (χ0v) is 15.5. The number of amides is 2. The summed E-state index contributed by atoms with van der Waals surface area (Å²) in [6.07, 6.45) is 3.01. The lowest BCUT2D eigenvalue weighted by molar-refractivity contribution is 0.235. The van der Waals surface area contributed by atoms with Crippen LogP contribution in [0.3, 0.4) is 0 Å². The molecule has 26 heavy (non-hydrogen) atoms. The Morgan fingerprint density at radius 1 is 1.15 bits per heavy atom. The van der Waals surface area contributed by atoms with Crippen LogP contribution in [0.15, 0.2) is 53.4 Å². The Hall–Kier alpha value is -2.38. The zero-order valence-electron chi connectivity index (χ0n) is 14.7. The number of aryl methyl sites for hydroxylation is 1. The highest BCUT2D eigenvalue weighted by atomic mass is 32.2. The van der Waals surface area contributed by atoms with E-state index >= 15 is 0 Å². The molecule has 138 valence electrons. The molecule has 7 heteroatoms. The van der Waals surface area contributed by atoms with E-state index in [1.165, 1.54) is 24.2 Å². The Kier molecular flexibility index (Phi) is 5.58. The number of rotatable bonds is 5. The maximum atomic E-state index is 12.3. The lowest BCUT2D eigenvalue weighted by atomic mass is 9.88. The summed E-state index contributed by atoms with van der Waals surface area (Å²) in [5, 5.41) is 5.83. The van der Waals surface area contributed by atoms with Crippen LogP contribution in [0, 0.1) is 0 Å². The normalized spacial score (nSPS) is 16.6. The molecule has 6 nitrogen and oxygen atoms in total. The minimum Gasteiger partial charge on any atom is -0.334 e. The van der Waals surface area contributed by atoms with Crippen LogP contribution in [-0.4, -0.2) is 21.5 Å². The molecule has 2 amide bonds. The van der Waals surface area contributed by atoms with Crippen LogP contribution < -0.4 is 15.4 Å². The summed E-state index contributed by atoms with van der Waals surface area (Å²) in [5.41, 5.74) is 3.19. The number of sulfonamides is 1. The zero-order chi connectivity index (χ0) is 18.6. The Balaban J connectivity index is 1.61. The number of benzene rings is 2. The number of hydrogen-bond acceptors (Lipinski definition) is 3. The number of urea groups is 1. The van der Waals surface area contributed by atoms with E-state index in [4.69, 9.17) is 0 Å².